The molecule has 0 spiro atoms. The second kappa shape index (κ2) is 12.4. The predicted octanol–water partition coefficient (Wildman–Crippen LogP) is 3.58. The van der Waals surface area contributed by atoms with Crippen molar-refractivity contribution < 1.29 is 27.1 Å². The van der Waals surface area contributed by atoms with Crippen LogP contribution in [0.25, 0.3) is 0 Å². The third kappa shape index (κ3) is 6.65. The number of carbonyl (C=O) groups excluding carboxylic acids is 2. The molecule has 0 heterocycles. The number of carbonyl (C=O) groups is 2. The number of nitrogens with zero attached hydrogens (tertiary/aromatic N) is 2. The summed E-state index contributed by atoms with van der Waals surface area (Å²) in [5, 5.41) is 2.56. The van der Waals surface area contributed by atoms with E-state index in [1.807, 2.05) is 0 Å². The van der Waals surface area contributed by atoms with Crippen LogP contribution in [0, 0.1) is 5.82 Å². The molecule has 10 heteroatoms. The molecule has 0 bridgehead atoms. The number of amides is 2. The molecule has 0 saturated heterocycles. The molecule has 0 radical (unpaired) electrons. The lowest BCUT2D eigenvalue weighted by Crippen LogP contribution is -2.51. The molecule has 0 saturated carbocycles. The van der Waals surface area contributed by atoms with Gasteiger partial charge in [0.2, 0.25) is 11.8 Å². The molecule has 8 nitrogen and oxygen atoms in total. The average molecular weight is 528 g/mol. The fraction of sp³-hybridized carbons (Fsp3) is 0.259. The summed E-state index contributed by atoms with van der Waals surface area (Å²) in [7, 11) is -1.18. The van der Waals surface area contributed by atoms with Gasteiger partial charge in [-0.3, -0.25) is 13.9 Å². The Morgan fingerprint density at radius 2 is 1.59 bits per heavy atom. The second-order valence-corrected chi connectivity index (χ2v) is 10.1. The van der Waals surface area contributed by atoms with Crippen molar-refractivity contribution in [2.24, 2.45) is 0 Å². The van der Waals surface area contributed by atoms with E-state index in [0.29, 0.717) is 17.7 Å². The monoisotopic (exact) mass is 527 g/mol. The average Bonchev–Trinajstić information content (AvgIpc) is 2.92. The first-order valence-electron chi connectivity index (χ1n) is 11.7. The summed E-state index contributed by atoms with van der Waals surface area (Å²) in [5.41, 5.74) is 0.853. The van der Waals surface area contributed by atoms with Gasteiger partial charge in [-0.2, -0.15) is 0 Å². The maximum Gasteiger partial charge on any atom is 0.264 e. The van der Waals surface area contributed by atoms with Gasteiger partial charge in [-0.25, -0.2) is 12.8 Å². The first kappa shape index (κ1) is 27.7. The Bertz CT molecular complexity index is 1300. The number of hydrogen-bond acceptors (Lipinski definition) is 5. The molecule has 37 heavy (non-hydrogen) atoms. The minimum absolute atomic E-state index is 0.00707. The topological polar surface area (TPSA) is 96.0 Å². The zero-order valence-corrected chi connectivity index (χ0v) is 21.7. The molecule has 1 N–H and O–H groups in total. The van der Waals surface area contributed by atoms with Gasteiger partial charge in [0.15, 0.2) is 0 Å². The number of halogens is 1. The fourth-order valence-corrected chi connectivity index (χ4v) is 5.30. The van der Waals surface area contributed by atoms with Crippen molar-refractivity contribution in [3.8, 4) is 5.75 Å². The van der Waals surface area contributed by atoms with E-state index < -0.39 is 34.3 Å². The molecule has 0 aromatic heterocycles. The van der Waals surface area contributed by atoms with Crippen LogP contribution < -0.4 is 14.4 Å². The molecule has 3 rings (SSSR count). The van der Waals surface area contributed by atoms with Crippen LogP contribution in [-0.4, -0.2) is 51.9 Å². The Morgan fingerprint density at radius 3 is 2.14 bits per heavy atom. The highest BCUT2D eigenvalue weighted by Crippen LogP contribution is 2.26. The maximum atomic E-state index is 13.8. The van der Waals surface area contributed by atoms with E-state index in [0.717, 1.165) is 4.31 Å². The van der Waals surface area contributed by atoms with E-state index in [4.69, 9.17) is 4.74 Å². The van der Waals surface area contributed by atoms with Crippen molar-refractivity contribution >= 4 is 27.5 Å². The number of hydrogen-bond donors (Lipinski definition) is 1. The van der Waals surface area contributed by atoms with Crippen LogP contribution in [0.2, 0.25) is 0 Å². The van der Waals surface area contributed by atoms with Crippen molar-refractivity contribution in [3.63, 3.8) is 0 Å². The van der Waals surface area contributed by atoms with Crippen LogP contribution in [0.3, 0.4) is 0 Å². The fourth-order valence-electron chi connectivity index (χ4n) is 3.87. The van der Waals surface area contributed by atoms with Crippen LogP contribution in [0.15, 0.2) is 83.8 Å². The normalized spacial score (nSPS) is 11.9. The number of likely N-dealkylation sites (N-methyl/N-ethyl adjacent to an activating group) is 1. The highest BCUT2D eigenvalue weighted by Gasteiger charge is 2.33. The second-order valence-electron chi connectivity index (χ2n) is 8.21. The highest BCUT2D eigenvalue weighted by atomic mass is 32.2. The number of ether oxygens (including phenoxy) is 1. The van der Waals surface area contributed by atoms with Gasteiger partial charge < -0.3 is 15.0 Å². The minimum Gasteiger partial charge on any atom is -0.497 e. The summed E-state index contributed by atoms with van der Waals surface area (Å²) in [6.07, 6.45) is 0.292. The van der Waals surface area contributed by atoms with E-state index in [9.17, 15) is 22.4 Å². The zero-order chi connectivity index (χ0) is 27.0. The van der Waals surface area contributed by atoms with Crippen LogP contribution in [0.1, 0.15) is 18.9 Å². The Labute approximate surface area is 216 Å². The van der Waals surface area contributed by atoms with Crippen molar-refractivity contribution in [1.29, 1.82) is 0 Å². The van der Waals surface area contributed by atoms with Gasteiger partial charge in [-0.1, -0.05) is 37.3 Å². The summed E-state index contributed by atoms with van der Waals surface area (Å²) < 4.78 is 47.0. The number of methoxy groups -OCH3 is 1. The number of nitrogens with one attached hydrogen (secondary N) is 1. The number of rotatable bonds is 11. The first-order chi connectivity index (χ1) is 17.7. The van der Waals surface area contributed by atoms with Gasteiger partial charge in [0.1, 0.15) is 24.2 Å². The molecule has 0 unspecified atom stereocenters. The Hall–Kier alpha value is -3.92. The Balaban J connectivity index is 2.04. The van der Waals surface area contributed by atoms with Crippen LogP contribution in [0.4, 0.5) is 10.1 Å². The lowest BCUT2D eigenvalue weighted by molar-refractivity contribution is -0.140. The molecular formula is C27H30FN3O5S. The van der Waals surface area contributed by atoms with Crippen LogP contribution in [-0.2, 0) is 26.2 Å². The van der Waals surface area contributed by atoms with E-state index in [1.165, 1.54) is 55.5 Å². The van der Waals surface area contributed by atoms with E-state index in [2.05, 4.69) is 5.32 Å². The molecule has 196 valence electrons. The lowest BCUT2D eigenvalue weighted by atomic mass is 10.1. The van der Waals surface area contributed by atoms with Gasteiger partial charge in [0.25, 0.3) is 10.0 Å². The molecule has 0 aliphatic carbocycles. The van der Waals surface area contributed by atoms with Gasteiger partial charge in [0.05, 0.1) is 17.7 Å². The molecule has 0 aliphatic rings. The van der Waals surface area contributed by atoms with E-state index in [-0.39, 0.29) is 23.0 Å². The Morgan fingerprint density at radius 1 is 0.973 bits per heavy atom. The van der Waals surface area contributed by atoms with Crippen LogP contribution in [0.5, 0.6) is 5.75 Å². The zero-order valence-electron chi connectivity index (χ0n) is 20.9. The highest BCUT2D eigenvalue weighted by molar-refractivity contribution is 7.92. The van der Waals surface area contributed by atoms with Gasteiger partial charge in [-0.15, -0.1) is 0 Å². The van der Waals surface area contributed by atoms with Crippen molar-refractivity contribution in [2.45, 2.75) is 30.8 Å². The smallest absolute Gasteiger partial charge is 0.264 e. The van der Waals surface area contributed by atoms with Crippen molar-refractivity contribution in [1.82, 2.24) is 10.2 Å². The minimum atomic E-state index is -4.14. The quantitative estimate of drug-likeness (QED) is 0.411. The summed E-state index contributed by atoms with van der Waals surface area (Å²) in [5.74, 6) is -0.884. The lowest BCUT2D eigenvalue weighted by Gasteiger charge is -2.33. The van der Waals surface area contributed by atoms with Crippen molar-refractivity contribution in [2.75, 3.05) is 25.0 Å². The predicted molar refractivity (Wildman–Crippen MR) is 139 cm³/mol. The summed E-state index contributed by atoms with van der Waals surface area (Å²) in [6, 6.07) is 18.8. The summed E-state index contributed by atoms with van der Waals surface area (Å²) in [6.45, 7) is 1.19. The Kier molecular flexibility index (Phi) is 9.24. The van der Waals surface area contributed by atoms with E-state index >= 15 is 0 Å². The molecule has 3 aromatic carbocycles. The molecule has 2 amide bonds. The third-order valence-electron chi connectivity index (χ3n) is 5.87. The number of sulfonamides is 1. The summed E-state index contributed by atoms with van der Waals surface area (Å²) >= 11 is 0. The third-order valence-corrected chi connectivity index (χ3v) is 7.66. The standard InChI is InChI=1S/C27H30FN3O5S/c1-4-25(27(33)29-2)30(18-20-10-12-21(28)13-11-20)26(32)19-31(22-14-16-23(36-3)17-15-22)37(34,35)24-8-6-5-7-9-24/h5-17,25H,4,18-19H2,1-3H3,(H,29,33)/t25-/m1/s1. The maximum absolute atomic E-state index is 13.8. The molecule has 0 fully saturated rings. The first-order valence-corrected chi connectivity index (χ1v) is 13.1. The number of anilines is 1. The molecule has 1 atom stereocenters. The van der Waals surface area contributed by atoms with Gasteiger partial charge in [0, 0.05) is 13.6 Å². The molecule has 3 aromatic rings. The van der Waals surface area contributed by atoms with Crippen molar-refractivity contribution in [3.05, 3.63) is 90.2 Å². The molecule has 0 aliphatic heterocycles. The SMILES string of the molecule is CC[C@H](C(=O)NC)N(Cc1ccc(F)cc1)C(=O)CN(c1ccc(OC)cc1)S(=O)(=O)c1ccccc1. The number of benzene rings is 3. The molecular weight excluding hydrogens is 497 g/mol. The van der Waals surface area contributed by atoms with Crippen LogP contribution >= 0.6 is 0 Å². The largest absolute Gasteiger partial charge is 0.497 e. The van der Waals surface area contributed by atoms with Gasteiger partial charge >= 0.3 is 0 Å². The summed E-state index contributed by atoms with van der Waals surface area (Å²) in [4.78, 5) is 27.8. The van der Waals surface area contributed by atoms with E-state index in [1.54, 1.807) is 49.4 Å². The van der Waals surface area contributed by atoms with Gasteiger partial charge in [-0.05, 0) is 60.5 Å².